The summed E-state index contributed by atoms with van der Waals surface area (Å²) in [7, 11) is 1.35. The van der Waals surface area contributed by atoms with E-state index in [-0.39, 0.29) is 22.5 Å². The molecule has 0 atom stereocenters. The molecule has 0 bridgehead atoms. The van der Waals surface area contributed by atoms with Gasteiger partial charge in [0.25, 0.3) is 5.91 Å². The SMILES string of the molecule is COc1ccc(NC(=S)NC(=O)c2ccc(C)cc2C)cc1[N+](=O)[O-]. The average molecular weight is 359 g/mol. The maximum Gasteiger partial charge on any atom is 0.312 e. The average Bonchev–Trinajstić information content (AvgIpc) is 2.54. The molecular weight excluding hydrogens is 342 g/mol. The number of nitro benzene ring substituents is 1. The number of nitro groups is 1. The molecule has 0 radical (unpaired) electrons. The van der Waals surface area contributed by atoms with E-state index < -0.39 is 4.92 Å². The quantitative estimate of drug-likeness (QED) is 0.494. The number of amides is 1. The van der Waals surface area contributed by atoms with E-state index in [1.54, 1.807) is 12.1 Å². The van der Waals surface area contributed by atoms with E-state index >= 15 is 0 Å². The van der Waals surface area contributed by atoms with Gasteiger partial charge in [-0.1, -0.05) is 17.7 Å². The smallest absolute Gasteiger partial charge is 0.312 e. The van der Waals surface area contributed by atoms with Gasteiger partial charge in [-0.25, -0.2) is 0 Å². The van der Waals surface area contributed by atoms with Crippen LogP contribution < -0.4 is 15.4 Å². The minimum atomic E-state index is -0.554. The van der Waals surface area contributed by atoms with E-state index in [4.69, 9.17) is 17.0 Å². The normalized spacial score (nSPS) is 10.0. The highest BCUT2D eigenvalue weighted by molar-refractivity contribution is 7.80. The van der Waals surface area contributed by atoms with Crippen LogP contribution in [0.2, 0.25) is 0 Å². The molecule has 7 nitrogen and oxygen atoms in total. The van der Waals surface area contributed by atoms with Crippen molar-refractivity contribution in [2.45, 2.75) is 13.8 Å². The summed E-state index contributed by atoms with van der Waals surface area (Å²) in [6.45, 7) is 3.78. The van der Waals surface area contributed by atoms with Crippen molar-refractivity contribution in [3.63, 3.8) is 0 Å². The lowest BCUT2D eigenvalue weighted by atomic mass is 10.1. The van der Waals surface area contributed by atoms with E-state index in [2.05, 4.69) is 10.6 Å². The van der Waals surface area contributed by atoms with Crippen LogP contribution in [0.1, 0.15) is 21.5 Å². The van der Waals surface area contributed by atoms with Gasteiger partial charge in [0.2, 0.25) is 0 Å². The molecule has 0 unspecified atom stereocenters. The van der Waals surface area contributed by atoms with Crippen molar-refractivity contribution in [1.29, 1.82) is 0 Å². The number of rotatable bonds is 4. The third-order valence-electron chi connectivity index (χ3n) is 3.49. The van der Waals surface area contributed by atoms with Crippen LogP contribution in [0.3, 0.4) is 0 Å². The third kappa shape index (κ3) is 4.51. The highest BCUT2D eigenvalue weighted by Gasteiger charge is 2.16. The number of carbonyl (C=O) groups excluding carboxylic acids is 1. The van der Waals surface area contributed by atoms with E-state index in [1.807, 2.05) is 26.0 Å². The van der Waals surface area contributed by atoms with Crippen molar-refractivity contribution in [3.05, 3.63) is 63.2 Å². The van der Waals surface area contributed by atoms with Gasteiger partial charge in [0.05, 0.1) is 12.0 Å². The fraction of sp³-hybridized carbons (Fsp3) is 0.176. The summed E-state index contributed by atoms with van der Waals surface area (Å²) in [6, 6.07) is 9.77. The number of anilines is 1. The Balaban J connectivity index is 2.11. The van der Waals surface area contributed by atoms with Crippen LogP contribution in [0, 0.1) is 24.0 Å². The lowest BCUT2D eigenvalue weighted by molar-refractivity contribution is -0.385. The van der Waals surface area contributed by atoms with Gasteiger partial charge in [0.15, 0.2) is 10.9 Å². The van der Waals surface area contributed by atoms with Crippen LogP contribution in [0.15, 0.2) is 36.4 Å². The fourth-order valence-electron chi connectivity index (χ4n) is 2.31. The maximum absolute atomic E-state index is 12.3. The highest BCUT2D eigenvalue weighted by atomic mass is 32.1. The molecular formula is C17H17N3O4S. The van der Waals surface area contributed by atoms with Gasteiger partial charge >= 0.3 is 5.69 Å². The predicted molar refractivity (Wildman–Crippen MR) is 99.3 cm³/mol. The summed E-state index contributed by atoms with van der Waals surface area (Å²) >= 11 is 5.11. The number of nitrogens with one attached hydrogen (secondary N) is 2. The van der Waals surface area contributed by atoms with Gasteiger partial charge < -0.3 is 10.1 Å². The molecule has 0 spiro atoms. The van der Waals surface area contributed by atoms with Crippen molar-refractivity contribution in [3.8, 4) is 5.75 Å². The Hall–Kier alpha value is -3.00. The molecule has 1 amide bonds. The third-order valence-corrected chi connectivity index (χ3v) is 3.69. The second-order valence-corrected chi connectivity index (χ2v) is 5.78. The molecule has 2 aromatic carbocycles. The van der Waals surface area contributed by atoms with Gasteiger partial charge in [-0.15, -0.1) is 0 Å². The van der Waals surface area contributed by atoms with Crippen LogP contribution in [-0.2, 0) is 0 Å². The van der Waals surface area contributed by atoms with Gasteiger partial charge in [-0.05, 0) is 49.8 Å². The van der Waals surface area contributed by atoms with Crippen LogP contribution in [0.5, 0.6) is 5.75 Å². The summed E-state index contributed by atoms with van der Waals surface area (Å²) in [4.78, 5) is 22.8. The molecule has 0 saturated heterocycles. The number of benzene rings is 2. The molecule has 25 heavy (non-hydrogen) atoms. The summed E-state index contributed by atoms with van der Waals surface area (Å²) in [5.74, 6) is -0.209. The summed E-state index contributed by atoms with van der Waals surface area (Å²) in [6.07, 6.45) is 0. The molecule has 0 saturated carbocycles. The Labute approximate surface area is 150 Å². The number of hydrogen-bond acceptors (Lipinski definition) is 5. The molecule has 0 aliphatic rings. The molecule has 0 aromatic heterocycles. The number of aryl methyl sites for hydroxylation is 2. The number of ether oxygens (including phenoxy) is 1. The first-order chi connectivity index (χ1) is 11.8. The second-order valence-electron chi connectivity index (χ2n) is 5.37. The largest absolute Gasteiger partial charge is 0.490 e. The number of carbonyl (C=O) groups is 1. The molecule has 0 heterocycles. The Morgan fingerprint density at radius 1 is 1.20 bits per heavy atom. The molecule has 0 aliphatic heterocycles. The molecule has 2 aromatic rings. The van der Waals surface area contributed by atoms with E-state index in [9.17, 15) is 14.9 Å². The number of hydrogen-bond donors (Lipinski definition) is 2. The predicted octanol–water partition coefficient (Wildman–Crippen LogP) is 3.35. The van der Waals surface area contributed by atoms with Crippen molar-refractivity contribution in [2.24, 2.45) is 0 Å². The zero-order valence-corrected chi connectivity index (χ0v) is 14.8. The van der Waals surface area contributed by atoms with Crippen LogP contribution in [0.25, 0.3) is 0 Å². The zero-order chi connectivity index (χ0) is 18.6. The standard InChI is InChI=1S/C17H17N3O4S/c1-10-4-6-13(11(2)8-10)16(21)19-17(25)18-12-5-7-15(24-3)14(9-12)20(22)23/h4-9H,1-3H3,(H2,18,19,21,25). The second kappa shape index (κ2) is 7.71. The lowest BCUT2D eigenvalue weighted by Crippen LogP contribution is -2.34. The Kier molecular flexibility index (Phi) is 5.66. The first-order valence-corrected chi connectivity index (χ1v) is 7.74. The van der Waals surface area contributed by atoms with Crippen molar-refractivity contribution in [2.75, 3.05) is 12.4 Å². The Morgan fingerprint density at radius 2 is 1.92 bits per heavy atom. The molecule has 130 valence electrons. The number of thiocarbonyl (C=S) groups is 1. The summed E-state index contributed by atoms with van der Waals surface area (Å²) < 4.78 is 4.94. The first kappa shape index (κ1) is 18.3. The molecule has 2 N–H and O–H groups in total. The molecule has 8 heteroatoms. The van der Waals surface area contributed by atoms with E-state index in [0.717, 1.165) is 11.1 Å². The monoisotopic (exact) mass is 359 g/mol. The minimum Gasteiger partial charge on any atom is -0.490 e. The van der Waals surface area contributed by atoms with E-state index in [1.165, 1.54) is 19.2 Å². The van der Waals surface area contributed by atoms with Gasteiger partial charge in [-0.2, -0.15) is 0 Å². The number of nitrogens with zero attached hydrogens (tertiary/aromatic N) is 1. The molecule has 0 aliphatic carbocycles. The van der Waals surface area contributed by atoms with Crippen LogP contribution in [0.4, 0.5) is 11.4 Å². The van der Waals surface area contributed by atoms with Gasteiger partial charge in [-0.3, -0.25) is 20.2 Å². The Bertz CT molecular complexity index is 852. The summed E-state index contributed by atoms with van der Waals surface area (Å²) in [5.41, 5.74) is 2.57. The van der Waals surface area contributed by atoms with Crippen molar-refractivity contribution < 1.29 is 14.5 Å². The molecule has 2 rings (SSSR count). The van der Waals surface area contributed by atoms with E-state index in [0.29, 0.717) is 11.3 Å². The van der Waals surface area contributed by atoms with Crippen molar-refractivity contribution in [1.82, 2.24) is 5.32 Å². The van der Waals surface area contributed by atoms with Crippen LogP contribution in [-0.4, -0.2) is 23.1 Å². The zero-order valence-electron chi connectivity index (χ0n) is 14.0. The first-order valence-electron chi connectivity index (χ1n) is 7.34. The topological polar surface area (TPSA) is 93.5 Å². The minimum absolute atomic E-state index is 0.0458. The lowest BCUT2D eigenvalue weighted by Gasteiger charge is -2.12. The Morgan fingerprint density at radius 3 is 2.52 bits per heavy atom. The van der Waals surface area contributed by atoms with Crippen LogP contribution >= 0.6 is 12.2 Å². The highest BCUT2D eigenvalue weighted by Crippen LogP contribution is 2.29. The molecule has 0 fully saturated rings. The fourth-order valence-corrected chi connectivity index (χ4v) is 2.52. The maximum atomic E-state index is 12.3. The summed E-state index contributed by atoms with van der Waals surface area (Å²) in [5, 5.41) is 16.4. The van der Waals surface area contributed by atoms with Crippen molar-refractivity contribution >= 4 is 34.6 Å². The number of methoxy groups -OCH3 is 1. The van der Waals surface area contributed by atoms with Gasteiger partial charge in [0, 0.05) is 17.3 Å². The van der Waals surface area contributed by atoms with Gasteiger partial charge in [0.1, 0.15) is 0 Å².